The molecule has 1 heterocycles. The molecule has 1 aromatic carbocycles. The molecular formula is C14H15N. The Morgan fingerprint density at radius 3 is 2.53 bits per heavy atom. The van der Waals surface area contributed by atoms with Crippen molar-refractivity contribution in [3.8, 4) is 11.1 Å². The molecule has 0 aliphatic rings. The molecule has 0 bridgehead atoms. The van der Waals surface area contributed by atoms with Crippen molar-refractivity contribution >= 4 is 0 Å². The summed E-state index contributed by atoms with van der Waals surface area (Å²) in [6.07, 6.45) is 4.10. The van der Waals surface area contributed by atoms with Crippen molar-refractivity contribution < 1.29 is 0 Å². The second kappa shape index (κ2) is 4.74. The van der Waals surface area contributed by atoms with Crippen LogP contribution in [0.3, 0.4) is 0 Å². The van der Waals surface area contributed by atoms with Gasteiger partial charge >= 0.3 is 0 Å². The Kier molecular flexibility index (Phi) is 3.13. The van der Waals surface area contributed by atoms with E-state index in [2.05, 4.69) is 48.3 Å². The molecule has 0 saturated carbocycles. The van der Waals surface area contributed by atoms with Crippen LogP contribution in [-0.2, 0) is 6.42 Å². The van der Waals surface area contributed by atoms with Crippen LogP contribution in [0.4, 0.5) is 0 Å². The number of rotatable bonds is 3. The number of benzene rings is 1. The zero-order valence-electron chi connectivity index (χ0n) is 8.98. The predicted octanol–water partition coefficient (Wildman–Crippen LogP) is 3.70. The largest absolute Gasteiger partial charge is 0.261 e. The average Bonchev–Trinajstić information content (AvgIpc) is 2.31. The van der Waals surface area contributed by atoms with Gasteiger partial charge in [-0.1, -0.05) is 43.7 Å². The standard InChI is InChI=1S/C14H15N/c1-2-6-14-11-13(9-10-15-14)12-7-4-3-5-8-12/h3-5,7-11H,2,6H2,1H3. The molecule has 0 N–H and O–H groups in total. The summed E-state index contributed by atoms with van der Waals surface area (Å²) in [4.78, 5) is 4.35. The summed E-state index contributed by atoms with van der Waals surface area (Å²) in [6.45, 7) is 2.18. The van der Waals surface area contributed by atoms with E-state index in [1.165, 1.54) is 16.8 Å². The van der Waals surface area contributed by atoms with Gasteiger partial charge < -0.3 is 0 Å². The maximum absolute atomic E-state index is 4.35. The van der Waals surface area contributed by atoms with Gasteiger partial charge in [-0.05, 0) is 29.7 Å². The molecule has 0 saturated heterocycles. The molecule has 76 valence electrons. The summed E-state index contributed by atoms with van der Waals surface area (Å²) in [6, 6.07) is 14.7. The minimum absolute atomic E-state index is 1.06. The van der Waals surface area contributed by atoms with Gasteiger partial charge in [0.1, 0.15) is 0 Å². The van der Waals surface area contributed by atoms with Gasteiger partial charge in [-0.15, -0.1) is 0 Å². The third kappa shape index (κ3) is 2.44. The lowest BCUT2D eigenvalue weighted by Gasteiger charge is -2.03. The van der Waals surface area contributed by atoms with Gasteiger partial charge in [0.25, 0.3) is 0 Å². The lowest BCUT2D eigenvalue weighted by atomic mass is 10.1. The first-order chi connectivity index (χ1) is 7.40. The smallest absolute Gasteiger partial charge is 0.0409 e. The van der Waals surface area contributed by atoms with Gasteiger partial charge in [-0.2, -0.15) is 0 Å². The van der Waals surface area contributed by atoms with Crippen molar-refractivity contribution in [3.63, 3.8) is 0 Å². The number of aromatic nitrogens is 1. The van der Waals surface area contributed by atoms with E-state index in [9.17, 15) is 0 Å². The average molecular weight is 197 g/mol. The van der Waals surface area contributed by atoms with E-state index >= 15 is 0 Å². The van der Waals surface area contributed by atoms with E-state index in [0.29, 0.717) is 0 Å². The maximum atomic E-state index is 4.35. The highest BCUT2D eigenvalue weighted by Crippen LogP contribution is 2.19. The summed E-state index contributed by atoms with van der Waals surface area (Å²) in [5.41, 5.74) is 3.70. The van der Waals surface area contributed by atoms with Crippen LogP contribution >= 0.6 is 0 Å². The monoisotopic (exact) mass is 197 g/mol. The third-order valence-electron chi connectivity index (χ3n) is 2.43. The van der Waals surface area contributed by atoms with Crippen molar-refractivity contribution in [2.75, 3.05) is 0 Å². The highest BCUT2D eigenvalue weighted by atomic mass is 14.7. The molecular weight excluding hydrogens is 182 g/mol. The summed E-state index contributed by atoms with van der Waals surface area (Å²) in [5, 5.41) is 0. The highest BCUT2D eigenvalue weighted by molar-refractivity contribution is 5.63. The van der Waals surface area contributed by atoms with Gasteiger partial charge in [0.05, 0.1) is 0 Å². The van der Waals surface area contributed by atoms with Crippen LogP contribution in [0.5, 0.6) is 0 Å². The van der Waals surface area contributed by atoms with E-state index in [1.54, 1.807) is 0 Å². The van der Waals surface area contributed by atoms with Gasteiger partial charge in [0, 0.05) is 11.9 Å². The van der Waals surface area contributed by atoms with Gasteiger partial charge in [-0.25, -0.2) is 0 Å². The molecule has 0 radical (unpaired) electrons. The molecule has 15 heavy (non-hydrogen) atoms. The SMILES string of the molecule is CCCc1cc(-c2ccccc2)ccn1. The normalized spacial score (nSPS) is 10.2. The minimum Gasteiger partial charge on any atom is -0.261 e. The van der Waals surface area contributed by atoms with Gasteiger partial charge in [0.15, 0.2) is 0 Å². The second-order valence-electron chi connectivity index (χ2n) is 3.65. The van der Waals surface area contributed by atoms with Crippen LogP contribution in [0, 0.1) is 0 Å². The van der Waals surface area contributed by atoms with Crippen molar-refractivity contribution in [2.45, 2.75) is 19.8 Å². The Bertz CT molecular complexity index is 420. The molecule has 0 aliphatic carbocycles. The molecule has 0 aliphatic heterocycles. The maximum Gasteiger partial charge on any atom is 0.0409 e. The van der Waals surface area contributed by atoms with E-state index in [0.717, 1.165) is 12.8 Å². The van der Waals surface area contributed by atoms with Crippen LogP contribution < -0.4 is 0 Å². The molecule has 0 fully saturated rings. The Balaban J connectivity index is 2.33. The van der Waals surface area contributed by atoms with Crippen LogP contribution in [0.1, 0.15) is 19.0 Å². The Morgan fingerprint density at radius 1 is 1.00 bits per heavy atom. The summed E-state index contributed by atoms with van der Waals surface area (Å²) >= 11 is 0. The second-order valence-corrected chi connectivity index (χ2v) is 3.65. The molecule has 1 nitrogen and oxygen atoms in total. The summed E-state index contributed by atoms with van der Waals surface area (Å²) in [7, 11) is 0. The fourth-order valence-electron chi connectivity index (χ4n) is 1.68. The molecule has 2 aromatic rings. The van der Waals surface area contributed by atoms with Crippen molar-refractivity contribution in [2.24, 2.45) is 0 Å². The first kappa shape index (κ1) is 9.91. The van der Waals surface area contributed by atoms with Crippen molar-refractivity contribution in [1.82, 2.24) is 4.98 Å². The van der Waals surface area contributed by atoms with Gasteiger partial charge in [0.2, 0.25) is 0 Å². The fourth-order valence-corrected chi connectivity index (χ4v) is 1.68. The number of nitrogens with zero attached hydrogens (tertiary/aromatic N) is 1. The molecule has 1 heteroatoms. The van der Waals surface area contributed by atoms with E-state index < -0.39 is 0 Å². The zero-order chi connectivity index (χ0) is 10.5. The highest BCUT2D eigenvalue weighted by Gasteiger charge is 1.98. The Morgan fingerprint density at radius 2 is 1.80 bits per heavy atom. The Hall–Kier alpha value is -1.63. The number of aryl methyl sites for hydroxylation is 1. The number of pyridine rings is 1. The van der Waals surface area contributed by atoms with Crippen LogP contribution in [-0.4, -0.2) is 4.98 Å². The van der Waals surface area contributed by atoms with E-state index in [4.69, 9.17) is 0 Å². The number of hydrogen-bond acceptors (Lipinski definition) is 1. The first-order valence-electron chi connectivity index (χ1n) is 5.40. The van der Waals surface area contributed by atoms with Gasteiger partial charge in [-0.3, -0.25) is 4.98 Å². The van der Waals surface area contributed by atoms with Crippen LogP contribution in [0.25, 0.3) is 11.1 Å². The Labute approximate surface area is 90.8 Å². The van der Waals surface area contributed by atoms with Crippen molar-refractivity contribution in [3.05, 3.63) is 54.4 Å². The molecule has 1 aromatic heterocycles. The fraction of sp³-hybridized carbons (Fsp3) is 0.214. The minimum atomic E-state index is 1.06. The molecule has 0 spiro atoms. The predicted molar refractivity (Wildman–Crippen MR) is 63.7 cm³/mol. The summed E-state index contributed by atoms with van der Waals surface area (Å²) < 4.78 is 0. The first-order valence-corrected chi connectivity index (χ1v) is 5.40. The van der Waals surface area contributed by atoms with Crippen LogP contribution in [0.15, 0.2) is 48.7 Å². The zero-order valence-corrected chi connectivity index (χ0v) is 8.98. The van der Waals surface area contributed by atoms with Crippen molar-refractivity contribution in [1.29, 1.82) is 0 Å². The lowest BCUT2D eigenvalue weighted by molar-refractivity contribution is 0.883. The van der Waals surface area contributed by atoms with E-state index in [1.807, 2.05) is 12.3 Å². The molecule has 2 rings (SSSR count). The topological polar surface area (TPSA) is 12.9 Å². The molecule has 0 atom stereocenters. The lowest BCUT2D eigenvalue weighted by Crippen LogP contribution is -1.89. The number of hydrogen-bond donors (Lipinski definition) is 0. The quantitative estimate of drug-likeness (QED) is 0.731. The third-order valence-corrected chi connectivity index (χ3v) is 2.43. The summed E-state index contributed by atoms with van der Waals surface area (Å²) in [5.74, 6) is 0. The van der Waals surface area contributed by atoms with E-state index in [-0.39, 0.29) is 0 Å². The molecule has 0 unspecified atom stereocenters. The van der Waals surface area contributed by atoms with Crippen LogP contribution in [0.2, 0.25) is 0 Å². The molecule has 0 amide bonds.